The van der Waals surface area contributed by atoms with Crippen LogP contribution in [0, 0.1) is 11.8 Å². The highest BCUT2D eigenvalue weighted by molar-refractivity contribution is 5.72. The number of carbonyl (C=O) groups is 2. The Hall–Kier alpha value is -1.92. The maximum Gasteiger partial charge on any atom is 0.311 e. The predicted molar refractivity (Wildman–Crippen MR) is 97.7 cm³/mol. The lowest BCUT2D eigenvalue weighted by Gasteiger charge is -2.20. The van der Waals surface area contributed by atoms with Crippen molar-refractivity contribution < 1.29 is 28.9 Å². The first-order valence-electron chi connectivity index (χ1n) is 8.75. The van der Waals surface area contributed by atoms with Crippen LogP contribution in [0.15, 0.2) is 30.3 Å². The fourth-order valence-corrected chi connectivity index (χ4v) is 2.71. The minimum Gasteiger partial charge on any atom is -0.481 e. The van der Waals surface area contributed by atoms with Crippen molar-refractivity contribution in [3.63, 3.8) is 0 Å². The lowest BCUT2D eigenvalue weighted by Crippen LogP contribution is -2.26. The van der Waals surface area contributed by atoms with Crippen molar-refractivity contribution in [2.24, 2.45) is 11.8 Å². The van der Waals surface area contributed by atoms with Gasteiger partial charge >= 0.3 is 11.9 Å². The maximum absolute atomic E-state index is 11.7. The largest absolute Gasteiger partial charge is 0.481 e. The van der Waals surface area contributed by atoms with Gasteiger partial charge in [-0.25, -0.2) is 0 Å². The molecule has 0 saturated carbocycles. The molecule has 2 saturated heterocycles. The first-order valence-corrected chi connectivity index (χ1v) is 8.75. The summed E-state index contributed by atoms with van der Waals surface area (Å²) in [5, 5.41) is 8.46. The van der Waals surface area contributed by atoms with Crippen LogP contribution in [0.4, 0.5) is 0 Å². The van der Waals surface area contributed by atoms with Crippen LogP contribution < -0.4 is 0 Å². The normalized spacial score (nSPS) is 22.2. The fraction of sp³-hybridized carbons (Fsp3) is 0.600. The summed E-state index contributed by atoms with van der Waals surface area (Å²) < 4.78 is 15.5. The number of carbonyl (C=O) groups excluding carboxylic acids is 1. The minimum atomic E-state index is -0.727. The van der Waals surface area contributed by atoms with Crippen LogP contribution in [0.1, 0.15) is 38.7 Å². The molecule has 2 aliphatic heterocycles. The molecule has 6 nitrogen and oxygen atoms in total. The van der Waals surface area contributed by atoms with Gasteiger partial charge in [-0.2, -0.15) is 0 Å². The molecule has 0 radical (unpaired) electrons. The van der Waals surface area contributed by atoms with Gasteiger partial charge in [0.15, 0.2) is 0 Å². The summed E-state index contributed by atoms with van der Waals surface area (Å²) in [4.78, 5) is 21.9. The smallest absolute Gasteiger partial charge is 0.311 e. The monoisotopic (exact) mass is 366 g/mol. The Morgan fingerprint density at radius 2 is 1.58 bits per heavy atom. The molecule has 146 valence electrons. The highest BCUT2D eigenvalue weighted by atomic mass is 16.5. The maximum atomic E-state index is 11.7. The van der Waals surface area contributed by atoms with Crippen molar-refractivity contribution in [2.75, 3.05) is 26.4 Å². The Balaban J connectivity index is 0.000000290. The quantitative estimate of drug-likeness (QED) is 0.824. The van der Waals surface area contributed by atoms with Crippen molar-refractivity contribution in [1.29, 1.82) is 0 Å². The van der Waals surface area contributed by atoms with E-state index >= 15 is 0 Å². The molecule has 0 amide bonds. The molecule has 1 N–H and O–H groups in total. The summed E-state index contributed by atoms with van der Waals surface area (Å²) in [7, 11) is 0. The molecule has 2 aliphatic rings. The molecule has 0 aliphatic carbocycles. The third-order valence-electron chi connectivity index (χ3n) is 4.23. The first-order chi connectivity index (χ1) is 12.2. The molecule has 1 aromatic rings. The van der Waals surface area contributed by atoms with Gasteiger partial charge in [0, 0.05) is 13.2 Å². The van der Waals surface area contributed by atoms with Crippen molar-refractivity contribution in [1.82, 2.24) is 0 Å². The molecule has 1 aromatic carbocycles. The molecular formula is C20H30O6. The van der Waals surface area contributed by atoms with Gasteiger partial charge in [0.25, 0.3) is 0 Å². The van der Waals surface area contributed by atoms with E-state index in [-0.39, 0.29) is 25.2 Å². The van der Waals surface area contributed by atoms with Gasteiger partial charge in [-0.1, -0.05) is 37.8 Å². The van der Waals surface area contributed by atoms with E-state index in [2.05, 4.69) is 0 Å². The van der Waals surface area contributed by atoms with Crippen LogP contribution in [0.2, 0.25) is 0 Å². The molecule has 26 heavy (non-hydrogen) atoms. The van der Waals surface area contributed by atoms with Crippen molar-refractivity contribution in [2.45, 2.75) is 39.7 Å². The summed E-state index contributed by atoms with van der Waals surface area (Å²) >= 11 is 0. The van der Waals surface area contributed by atoms with Crippen LogP contribution in [-0.2, 0) is 30.4 Å². The van der Waals surface area contributed by atoms with Crippen molar-refractivity contribution >= 4 is 11.9 Å². The van der Waals surface area contributed by atoms with Gasteiger partial charge in [0.1, 0.15) is 6.61 Å². The van der Waals surface area contributed by atoms with Gasteiger partial charge in [-0.15, -0.1) is 0 Å². The lowest BCUT2D eigenvalue weighted by atomic mass is 10.0. The topological polar surface area (TPSA) is 82.1 Å². The van der Waals surface area contributed by atoms with Gasteiger partial charge in [0.05, 0.1) is 25.0 Å². The van der Waals surface area contributed by atoms with E-state index < -0.39 is 5.97 Å². The average Bonchev–Trinajstić information content (AvgIpc) is 2.69. The van der Waals surface area contributed by atoms with E-state index in [9.17, 15) is 9.59 Å². The van der Waals surface area contributed by atoms with Crippen LogP contribution in [0.25, 0.3) is 0 Å². The Bertz CT molecular complexity index is 518. The van der Waals surface area contributed by atoms with Gasteiger partial charge in [-0.05, 0) is 31.2 Å². The van der Waals surface area contributed by atoms with Gasteiger partial charge in [0.2, 0.25) is 0 Å². The Morgan fingerprint density at radius 1 is 1.00 bits per heavy atom. The highest BCUT2D eigenvalue weighted by Gasteiger charge is 2.23. The molecule has 2 fully saturated rings. The number of benzene rings is 1. The fourth-order valence-electron chi connectivity index (χ4n) is 2.71. The molecule has 2 atom stereocenters. The van der Waals surface area contributed by atoms with E-state index in [1.807, 2.05) is 30.3 Å². The van der Waals surface area contributed by atoms with E-state index in [1.54, 1.807) is 0 Å². The number of rotatable bonds is 4. The molecule has 3 rings (SSSR count). The number of hydrogen-bond donors (Lipinski definition) is 1. The third kappa shape index (κ3) is 7.97. The van der Waals surface area contributed by atoms with Crippen molar-refractivity contribution in [3.8, 4) is 0 Å². The second-order valence-electron chi connectivity index (χ2n) is 6.26. The Kier molecular flexibility index (Phi) is 10.6. The van der Waals surface area contributed by atoms with Crippen LogP contribution >= 0.6 is 0 Å². The zero-order valence-electron chi connectivity index (χ0n) is 14.4. The van der Waals surface area contributed by atoms with Crippen LogP contribution in [0.3, 0.4) is 0 Å². The molecule has 0 bridgehead atoms. The second-order valence-corrected chi connectivity index (χ2v) is 6.26. The average molecular weight is 366 g/mol. The van der Waals surface area contributed by atoms with Gasteiger partial charge in [-0.3, -0.25) is 9.59 Å². The first kappa shape index (κ1) is 22.1. The number of aliphatic carboxylic acids is 1. The SMILES string of the molecule is C.O=C(O)C1CCCOC1.O=C(OCc1ccccc1)C1CCCOC1. The summed E-state index contributed by atoms with van der Waals surface area (Å²) in [6, 6.07) is 9.72. The van der Waals surface area contributed by atoms with Gasteiger partial charge < -0.3 is 19.3 Å². The number of ether oxygens (including phenoxy) is 3. The molecule has 2 heterocycles. The number of carboxylic acids is 1. The molecule has 0 spiro atoms. The summed E-state index contributed by atoms with van der Waals surface area (Å²) in [6.07, 6.45) is 3.49. The number of hydrogen-bond acceptors (Lipinski definition) is 5. The number of carboxylic acid groups (broad SMARTS) is 1. The zero-order chi connectivity index (χ0) is 17.9. The third-order valence-corrected chi connectivity index (χ3v) is 4.23. The van der Waals surface area contributed by atoms with Crippen molar-refractivity contribution in [3.05, 3.63) is 35.9 Å². The Labute approximate surface area is 155 Å². The predicted octanol–water partition coefficient (Wildman–Crippen LogP) is 3.29. The van der Waals surface area contributed by atoms with E-state index in [0.717, 1.165) is 44.5 Å². The number of esters is 1. The summed E-state index contributed by atoms with van der Waals surface area (Å²) in [6.45, 7) is 2.76. The van der Waals surface area contributed by atoms with Crippen LogP contribution in [0.5, 0.6) is 0 Å². The standard InChI is InChI=1S/C13H16O3.C6H10O3.CH4/c14-13(12-7-4-8-15-10-12)16-9-11-5-2-1-3-6-11;7-6(8)5-2-1-3-9-4-5;/h1-3,5-6,12H,4,7-10H2;5H,1-4H2,(H,7,8);1H4. The van der Waals surface area contributed by atoms with E-state index in [0.29, 0.717) is 19.8 Å². The minimum absolute atomic E-state index is 0. The second kappa shape index (κ2) is 12.4. The highest BCUT2D eigenvalue weighted by Crippen LogP contribution is 2.16. The Morgan fingerprint density at radius 3 is 2.04 bits per heavy atom. The molecular weight excluding hydrogens is 336 g/mol. The zero-order valence-corrected chi connectivity index (χ0v) is 14.4. The molecule has 6 heteroatoms. The molecule has 2 unspecified atom stereocenters. The summed E-state index contributed by atoms with van der Waals surface area (Å²) in [5.74, 6) is -1.19. The summed E-state index contributed by atoms with van der Waals surface area (Å²) in [5.41, 5.74) is 1.02. The van der Waals surface area contributed by atoms with E-state index in [1.165, 1.54) is 0 Å². The lowest BCUT2D eigenvalue weighted by molar-refractivity contribution is -0.154. The van der Waals surface area contributed by atoms with E-state index in [4.69, 9.17) is 19.3 Å². The van der Waals surface area contributed by atoms with Crippen LogP contribution in [-0.4, -0.2) is 43.5 Å². The molecule has 0 aromatic heterocycles.